The van der Waals surface area contributed by atoms with Gasteiger partial charge in [0.05, 0.1) is 11.1 Å². The van der Waals surface area contributed by atoms with Gasteiger partial charge in [0, 0.05) is 10.0 Å². The van der Waals surface area contributed by atoms with Gasteiger partial charge >= 0.3 is 6.18 Å². The lowest BCUT2D eigenvalue weighted by molar-refractivity contribution is -0.137. The van der Waals surface area contributed by atoms with Crippen LogP contribution < -0.4 is 4.74 Å². The normalized spacial score (nSPS) is 11.4. The molecule has 0 aliphatic rings. The average Bonchev–Trinajstić information content (AvgIpc) is 3.09. The summed E-state index contributed by atoms with van der Waals surface area (Å²) in [5.41, 5.74) is -0.0305. The zero-order valence-electron chi connectivity index (χ0n) is 13.0. The summed E-state index contributed by atoms with van der Waals surface area (Å²) in [4.78, 5) is 15.1. The standard InChI is InChI=1S/C17H10BrF3N2O3/c18-13-5-6-14(11(7-13)8-24)25-9-15-22-16(23-26-15)10-1-3-12(4-2-10)17(19,20)21/h1-8H,9H2. The second-order valence-corrected chi connectivity index (χ2v) is 6.09. The van der Waals surface area contributed by atoms with Crippen LogP contribution in [0.4, 0.5) is 13.2 Å². The van der Waals surface area contributed by atoms with Crippen LogP contribution in [0, 0.1) is 0 Å². The Hall–Kier alpha value is -2.68. The van der Waals surface area contributed by atoms with Gasteiger partial charge in [0.2, 0.25) is 5.82 Å². The average molecular weight is 427 g/mol. The predicted octanol–water partition coefficient (Wildman–Crippen LogP) is 4.91. The number of rotatable bonds is 5. The van der Waals surface area contributed by atoms with Crippen LogP contribution in [-0.4, -0.2) is 16.4 Å². The topological polar surface area (TPSA) is 65.2 Å². The van der Waals surface area contributed by atoms with Gasteiger partial charge in [-0.3, -0.25) is 4.79 Å². The molecule has 0 fully saturated rings. The molecule has 0 unspecified atom stereocenters. The van der Waals surface area contributed by atoms with Crippen molar-refractivity contribution >= 4 is 22.2 Å². The predicted molar refractivity (Wildman–Crippen MR) is 88.6 cm³/mol. The van der Waals surface area contributed by atoms with Crippen molar-refractivity contribution in [2.75, 3.05) is 0 Å². The smallest absolute Gasteiger partial charge is 0.416 e. The van der Waals surface area contributed by atoms with Gasteiger partial charge in [0.15, 0.2) is 12.9 Å². The Morgan fingerprint density at radius 3 is 2.54 bits per heavy atom. The number of halogens is 4. The van der Waals surface area contributed by atoms with E-state index in [2.05, 4.69) is 26.1 Å². The number of carbonyl (C=O) groups is 1. The number of alkyl halides is 3. The molecule has 0 radical (unpaired) electrons. The van der Waals surface area contributed by atoms with Crippen LogP contribution in [-0.2, 0) is 12.8 Å². The van der Waals surface area contributed by atoms with E-state index in [9.17, 15) is 18.0 Å². The van der Waals surface area contributed by atoms with Gasteiger partial charge in [-0.05, 0) is 30.3 Å². The highest BCUT2D eigenvalue weighted by Gasteiger charge is 2.30. The van der Waals surface area contributed by atoms with E-state index in [1.54, 1.807) is 18.2 Å². The largest absolute Gasteiger partial charge is 0.483 e. The maximum Gasteiger partial charge on any atom is 0.416 e. The molecule has 9 heteroatoms. The van der Waals surface area contributed by atoms with Crippen LogP contribution in [0.2, 0.25) is 0 Å². The maximum atomic E-state index is 12.6. The third kappa shape index (κ3) is 4.10. The van der Waals surface area contributed by atoms with E-state index in [0.717, 1.165) is 16.6 Å². The van der Waals surface area contributed by atoms with Gasteiger partial charge in [-0.15, -0.1) is 0 Å². The van der Waals surface area contributed by atoms with Crippen LogP contribution >= 0.6 is 15.9 Å². The minimum Gasteiger partial charge on any atom is -0.483 e. The summed E-state index contributed by atoms with van der Waals surface area (Å²) >= 11 is 3.25. The number of hydrogen-bond acceptors (Lipinski definition) is 5. The number of benzene rings is 2. The van der Waals surface area contributed by atoms with Gasteiger partial charge in [-0.2, -0.15) is 18.2 Å². The molecule has 0 saturated heterocycles. The van der Waals surface area contributed by atoms with E-state index in [-0.39, 0.29) is 18.3 Å². The Kier molecular flexibility index (Phi) is 5.08. The Labute approximate surface area is 153 Å². The molecule has 3 rings (SSSR count). The summed E-state index contributed by atoms with van der Waals surface area (Å²) in [7, 11) is 0. The Balaban J connectivity index is 1.71. The first-order chi connectivity index (χ1) is 12.4. The number of carbonyl (C=O) groups excluding carboxylic acids is 1. The van der Waals surface area contributed by atoms with E-state index >= 15 is 0 Å². The highest BCUT2D eigenvalue weighted by atomic mass is 79.9. The van der Waals surface area contributed by atoms with E-state index in [1.165, 1.54) is 12.1 Å². The van der Waals surface area contributed by atoms with Gasteiger partial charge < -0.3 is 9.26 Å². The monoisotopic (exact) mass is 426 g/mol. The van der Waals surface area contributed by atoms with E-state index in [4.69, 9.17) is 9.26 Å². The molecular formula is C17H10BrF3N2O3. The van der Waals surface area contributed by atoms with Crippen molar-refractivity contribution in [2.45, 2.75) is 12.8 Å². The molecule has 0 atom stereocenters. The summed E-state index contributed by atoms with van der Waals surface area (Å²) < 4.78 is 49.0. The molecular weight excluding hydrogens is 417 g/mol. The highest BCUT2D eigenvalue weighted by Crippen LogP contribution is 2.30. The second kappa shape index (κ2) is 7.28. The summed E-state index contributed by atoms with van der Waals surface area (Å²) in [6.45, 7) is -0.0872. The third-order valence-electron chi connectivity index (χ3n) is 3.39. The quantitative estimate of drug-likeness (QED) is 0.542. The molecule has 0 spiro atoms. The maximum absolute atomic E-state index is 12.6. The molecule has 0 N–H and O–H groups in total. The van der Waals surface area contributed by atoms with Gasteiger partial charge in [0.25, 0.3) is 5.89 Å². The summed E-state index contributed by atoms with van der Waals surface area (Å²) in [6.07, 6.45) is -3.75. The number of hydrogen-bond donors (Lipinski definition) is 0. The molecule has 0 bridgehead atoms. The van der Waals surface area contributed by atoms with Gasteiger partial charge in [-0.1, -0.05) is 33.2 Å². The Morgan fingerprint density at radius 1 is 1.15 bits per heavy atom. The molecule has 0 aliphatic heterocycles. The fourth-order valence-electron chi connectivity index (χ4n) is 2.12. The Bertz CT molecular complexity index is 924. The zero-order chi connectivity index (χ0) is 18.7. The molecule has 3 aromatic rings. The Morgan fingerprint density at radius 2 is 1.88 bits per heavy atom. The minimum absolute atomic E-state index is 0.0872. The van der Waals surface area contributed by atoms with Crippen molar-refractivity contribution in [3.8, 4) is 17.1 Å². The van der Waals surface area contributed by atoms with Gasteiger partial charge in [-0.25, -0.2) is 0 Å². The van der Waals surface area contributed by atoms with Crippen LogP contribution in [0.5, 0.6) is 5.75 Å². The number of aromatic nitrogens is 2. The molecule has 5 nitrogen and oxygen atoms in total. The molecule has 0 saturated carbocycles. The van der Waals surface area contributed by atoms with Crippen molar-refractivity contribution in [1.29, 1.82) is 0 Å². The summed E-state index contributed by atoms with van der Waals surface area (Å²) in [5, 5.41) is 3.72. The van der Waals surface area contributed by atoms with Crippen molar-refractivity contribution in [2.24, 2.45) is 0 Å². The van der Waals surface area contributed by atoms with Crippen LogP contribution in [0.3, 0.4) is 0 Å². The first-order valence-electron chi connectivity index (χ1n) is 7.24. The van der Waals surface area contributed by atoms with Crippen LogP contribution in [0.25, 0.3) is 11.4 Å². The lowest BCUT2D eigenvalue weighted by atomic mass is 10.1. The lowest BCUT2D eigenvalue weighted by Crippen LogP contribution is -2.04. The highest BCUT2D eigenvalue weighted by molar-refractivity contribution is 9.10. The van der Waals surface area contributed by atoms with Crippen molar-refractivity contribution in [1.82, 2.24) is 10.1 Å². The van der Waals surface area contributed by atoms with Crippen molar-refractivity contribution in [3.05, 3.63) is 64.0 Å². The SMILES string of the molecule is O=Cc1cc(Br)ccc1OCc1nc(-c2ccc(C(F)(F)F)cc2)no1. The van der Waals surface area contributed by atoms with Crippen LogP contribution in [0.1, 0.15) is 21.8 Å². The van der Waals surface area contributed by atoms with Gasteiger partial charge in [0.1, 0.15) is 5.75 Å². The summed E-state index contributed by atoms with van der Waals surface area (Å²) in [5.74, 6) is 0.612. The first kappa shape index (κ1) is 18.1. The molecule has 0 aliphatic carbocycles. The second-order valence-electron chi connectivity index (χ2n) is 5.18. The van der Waals surface area contributed by atoms with Crippen molar-refractivity contribution < 1.29 is 27.2 Å². The molecule has 134 valence electrons. The zero-order valence-corrected chi connectivity index (χ0v) is 14.5. The third-order valence-corrected chi connectivity index (χ3v) is 3.88. The molecule has 1 heterocycles. The fraction of sp³-hybridized carbons (Fsp3) is 0.118. The van der Waals surface area contributed by atoms with Crippen molar-refractivity contribution in [3.63, 3.8) is 0 Å². The number of ether oxygens (including phenoxy) is 1. The number of nitrogens with zero attached hydrogens (tertiary/aromatic N) is 2. The van der Waals surface area contributed by atoms with E-state index in [1.807, 2.05) is 0 Å². The molecule has 26 heavy (non-hydrogen) atoms. The van der Waals surface area contributed by atoms with E-state index < -0.39 is 11.7 Å². The number of aldehydes is 1. The molecule has 2 aromatic carbocycles. The lowest BCUT2D eigenvalue weighted by Gasteiger charge is -2.06. The fourth-order valence-corrected chi connectivity index (χ4v) is 2.50. The molecule has 1 aromatic heterocycles. The first-order valence-corrected chi connectivity index (χ1v) is 8.04. The van der Waals surface area contributed by atoms with Crippen LogP contribution in [0.15, 0.2) is 51.5 Å². The molecule has 0 amide bonds. The van der Waals surface area contributed by atoms with E-state index in [0.29, 0.717) is 23.2 Å². The minimum atomic E-state index is -4.41. The summed E-state index contributed by atoms with van der Waals surface area (Å²) in [6, 6.07) is 9.34.